The lowest BCUT2D eigenvalue weighted by atomic mass is 9.95. The van der Waals surface area contributed by atoms with Crippen LogP contribution in [0.2, 0.25) is 0 Å². The Bertz CT molecular complexity index is 890. The minimum atomic E-state index is 0.0476. The smallest absolute Gasteiger partial charge is 0.257 e. The van der Waals surface area contributed by atoms with Crippen molar-refractivity contribution in [3.8, 4) is 5.75 Å². The van der Waals surface area contributed by atoms with Gasteiger partial charge in [0.2, 0.25) is 0 Å². The number of nitrogens with zero attached hydrogens (tertiary/aromatic N) is 3. The van der Waals surface area contributed by atoms with Crippen molar-refractivity contribution in [2.24, 2.45) is 5.92 Å². The first-order chi connectivity index (χ1) is 15.4. The summed E-state index contributed by atoms with van der Waals surface area (Å²) in [7, 11) is 0. The van der Waals surface area contributed by atoms with Crippen LogP contribution in [0.3, 0.4) is 0 Å². The van der Waals surface area contributed by atoms with E-state index in [4.69, 9.17) is 14.0 Å². The highest BCUT2D eigenvalue weighted by atomic mass is 16.5. The lowest BCUT2D eigenvalue weighted by Gasteiger charge is -2.39. The first-order valence-corrected chi connectivity index (χ1v) is 11.7. The molecule has 7 nitrogen and oxygen atoms in total. The fourth-order valence-corrected chi connectivity index (χ4v) is 4.91. The van der Waals surface area contributed by atoms with Crippen LogP contribution in [0.15, 0.2) is 28.8 Å². The Balaban J connectivity index is 1.33. The number of benzene rings is 1. The number of para-hydroxylation sites is 1. The normalized spacial score (nSPS) is 22.8. The molecule has 0 N–H and O–H groups in total. The summed E-state index contributed by atoms with van der Waals surface area (Å²) in [4.78, 5) is 17.8. The van der Waals surface area contributed by atoms with Gasteiger partial charge in [0.1, 0.15) is 18.1 Å². The molecule has 2 atom stereocenters. The Morgan fingerprint density at radius 3 is 2.47 bits per heavy atom. The summed E-state index contributed by atoms with van der Waals surface area (Å²) in [6, 6.07) is 7.51. The van der Waals surface area contributed by atoms with Crippen LogP contribution in [-0.2, 0) is 11.3 Å². The van der Waals surface area contributed by atoms with E-state index in [2.05, 4.69) is 23.9 Å². The number of likely N-dealkylation sites (tertiary alicyclic amines) is 1. The van der Waals surface area contributed by atoms with E-state index in [1.807, 2.05) is 43.0 Å². The monoisotopic (exact) mass is 441 g/mol. The molecule has 1 aromatic heterocycles. The Morgan fingerprint density at radius 2 is 1.81 bits per heavy atom. The zero-order valence-electron chi connectivity index (χ0n) is 19.7. The molecule has 0 spiro atoms. The minimum Gasteiger partial charge on any atom is -0.488 e. The van der Waals surface area contributed by atoms with Crippen LogP contribution < -0.4 is 4.74 Å². The van der Waals surface area contributed by atoms with Crippen molar-refractivity contribution in [1.82, 2.24) is 15.0 Å². The van der Waals surface area contributed by atoms with E-state index in [0.717, 1.165) is 62.6 Å². The molecule has 32 heavy (non-hydrogen) atoms. The number of hydrogen-bond donors (Lipinski definition) is 0. The van der Waals surface area contributed by atoms with E-state index in [9.17, 15) is 4.79 Å². The van der Waals surface area contributed by atoms with Gasteiger partial charge in [-0.25, -0.2) is 0 Å². The average Bonchev–Trinajstić information content (AvgIpc) is 3.09. The summed E-state index contributed by atoms with van der Waals surface area (Å²) in [6.07, 6.45) is 2.66. The van der Waals surface area contributed by atoms with Crippen molar-refractivity contribution in [2.75, 3.05) is 32.7 Å². The van der Waals surface area contributed by atoms with Crippen molar-refractivity contribution in [3.05, 3.63) is 46.8 Å². The van der Waals surface area contributed by atoms with Crippen molar-refractivity contribution in [3.63, 3.8) is 0 Å². The third-order valence-electron chi connectivity index (χ3n) is 6.58. The van der Waals surface area contributed by atoms with E-state index < -0.39 is 0 Å². The number of amides is 1. The SMILES string of the molecule is Cc1noc(C)c1COc1ccccc1C(=O)N1CCC(CN2CC(C)OC(C)C2)CC1. The lowest BCUT2D eigenvalue weighted by Crippen LogP contribution is -2.48. The van der Waals surface area contributed by atoms with Gasteiger partial charge in [-0.2, -0.15) is 0 Å². The minimum absolute atomic E-state index is 0.0476. The van der Waals surface area contributed by atoms with Crippen molar-refractivity contribution < 1.29 is 18.8 Å². The van der Waals surface area contributed by atoms with E-state index in [-0.39, 0.29) is 5.91 Å². The highest BCUT2D eigenvalue weighted by Gasteiger charge is 2.29. The molecule has 2 fully saturated rings. The number of aromatic nitrogens is 1. The predicted molar refractivity (Wildman–Crippen MR) is 122 cm³/mol. The Morgan fingerprint density at radius 1 is 1.12 bits per heavy atom. The van der Waals surface area contributed by atoms with Gasteiger partial charge in [0.05, 0.1) is 29.0 Å². The summed E-state index contributed by atoms with van der Waals surface area (Å²) in [5.41, 5.74) is 2.37. The van der Waals surface area contributed by atoms with Crippen molar-refractivity contribution >= 4 is 5.91 Å². The molecule has 1 amide bonds. The van der Waals surface area contributed by atoms with E-state index in [1.165, 1.54) is 0 Å². The Hall–Kier alpha value is -2.38. The summed E-state index contributed by atoms with van der Waals surface area (Å²) in [5.74, 6) is 2.03. The highest BCUT2D eigenvalue weighted by molar-refractivity contribution is 5.97. The maximum atomic E-state index is 13.3. The third kappa shape index (κ3) is 5.33. The molecule has 0 aliphatic carbocycles. The number of aryl methyl sites for hydroxylation is 2. The molecule has 2 aromatic rings. The van der Waals surface area contributed by atoms with Crippen LogP contribution in [0, 0.1) is 19.8 Å². The largest absolute Gasteiger partial charge is 0.488 e. The second-order valence-corrected chi connectivity index (χ2v) is 9.30. The molecule has 1 aromatic carbocycles. The molecule has 2 saturated heterocycles. The van der Waals surface area contributed by atoms with Gasteiger partial charge in [0.15, 0.2) is 0 Å². The van der Waals surface area contributed by atoms with Crippen LogP contribution in [0.5, 0.6) is 5.75 Å². The first-order valence-electron chi connectivity index (χ1n) is 11.7. The quantitative estimate of drug-likeness (QED) is 0.679. The summed E-state index contributed by atoms with van der Waals surface area (Å²) in [6.45, 7) is 13.1. The zero-order chi connectivity index (χ0) is 22.7. The topological polar surface area (TPSA) is 68.0 Å². The molecule has 7 heteroatoms. The molecule has 0 saturated carbocycles. The number of piperidine rings is 1. The summed E-state index contributed by atoms with van der Waals surface area (Å²) < 4.78 is 17.1. The molecule has 0 radical (unpaired) electrons. The second kappa shape index (κ2) is 10.0. The number of morpholine rings is 1. The third-order valence-corrected chi connectivity index (χ3v) is 6.58. The maximum Gasteiger partial charge on any atom is 0.257 e. The van der Waals surface area contributed by atoms with Gasteiger partial charge in [-0.15, -0.1) is 0 Å². The molecule has 174 valence electrons. The standard InChI is InChI=1S/C25H35N3O4/c1-17-13-27(14-18(2)31-17)15-21-9-11-28(12-10-21)25(29)22-7-5-6-8-24(22)30-16-23-19(3)26-32-20(23)4/h5-8,17-18,21H,9-16H2,1-4H3. The van der Waals surface area contributed by atoms with E-state index in [0.29, 0.717) is 36.0 Å². The van der Waals surface area contributed by atoms with Crippen LogP contribution in [0.25, 0.3) is 0 Å². The lowest BCUT2D eigenvalue weighted by molar-refractivity contribution is -0.0728. The highest BCUT2D eigenvalue weighted by Crippen LogP contribution is 2.26. The van der Waals surface area contributed by atoms with Gasteiger partial charge in [-0.3, -0.25) is 9.69 Å². The fourth-order valence-electron chi connectivity index (χ4n) is 4.91. The number of rotatable bonds is 6. The van der Waals surface area contributed by atoms with E-state index in [1.54, 1.807) is 0 Å². The maximum absolute atomic E-state index is 13.3. The van der Waals surface area contributed by atoms with Gasteiger partial charge in [0.25, 0.3) is 5.91 Å². The number of carbonyl (C=O) groups excluding carboxylic acids is 1. The number of ether oxygens (including phenoxy) is 2. The second-order valence-electron chi connectivity index (χ2n) is 9.30. The molecular weight excluding hydrogens is 406 g/mol. The van der Waals surface area contributed by atoms with Gasteiger partial charge < -0.3 is 18.9 Å². The molecule has 3 heterocycles. The van der Waals surface area contributed by atoms with Crippen LogP contribution >= 0.6 is 0 Å². The fraction of sp³-hybridized carbons (Fsp3) is 0.600. The molecule has 2 aliphatic heterocycles. The number of carbonyl (C=O) groups is 1. The predicted octanol–water partition coefficient (Wildman–Crippen LogP) is 3.83. The number of hydrogen-bond acceptors (Lipinski definition) is 6. The van der Waals surface area contributed by atoms with Gasteiger partial charge in [-0.1, -0.05) is 17.3 Å². The molecule has 4 rings (SSSR count). The van der Waals surface area contributed by atoms with Crippen LogP contribution in [0.1, 0.15) is 54.1 Å². The molecule has 2 unspecified atom stereocenters. The first kappa shape index (κ1) is 22.8. The van der Waals surface area contributed by atoms with Crippen molar-refractivity contribution in [1.29, 1.82) is 0 Å². The van der Waals surface area contributed by atoms with Crippen LogP contribution in [-0.4, -0.2) is 65.8 Å². The van der Waals surface area contributed by atoms with Crippen LogP contribution in [0.4, 0.5) is 0 Å². The van der Waals surface area contributed by atoms with Gasteiger partial charge in [-0.05, 0) is 58.6 Å². The molecule has 0 bridgehead atoms. The van der Waals surface area contributed by atoms with Gasteiger partial charge in [0, 0.05) is 32.7 Å². The average molecular weight is 442 g/mol. The zero-order valence-corrected chi connectivity index (χ0v) is 19.7. The Labute approximate surface area is 190 Å². The Kier molecular flexibility index (Phi) is 7.16. The van der Waals surface area contributed by atoms with Gasteiger partial charge >= 0.3 is 0 Å². The van der Waals surface area contributed by atoms with E-state index >= 15 is 0 Å². The van der Waals surface area contributed by atoms with Crippen molar-refractivity contribution in [2.45, 2.75) is 59.4 Å². The summed E-state index contributed by atoms with van der Waals surface area (Å²) in [5, 5.41) is 3.98. The summed E-state index contributed by atoms with van der Waals surface area (Å²) >= 11 is 0. The molecule has 2 aliphatic rings. The molecular formula is C25H35N3O4.